The number of aryl methyl sites for hydroxylation is 1. The van der Waals surface area contributed by atoms with Crippen LogP contribution in [0.25, 0.3) is 0 Å². The Kier molecular flexibility index (Phi) is 7.14. The molecule has 0 saturated heterocycles. The molecule has 0 aliphatic carbocycles. The van der Waals surface area contributed by atoms with Crippen LogP contribution in [-0.4, -0.2) is 17.5 Å². The van der Waals surface area contributed by atoms with E-state index in [1.165, 1.54) is 17.5 Å². The van der Waals surface area contributed by atoms with Crippen LogP contribution in [0, 0.1) is 6.92 Å². The highest BCUT2D eigenvalue weighted by Gasteiger charge is 2.18. The number of thioether (sulfide) groups is 1. The van der Waals surface area contributed by atoms with Crippen molar-refractivity contribution in [3.8, 4) is 0 Å². The summed E-state index contributed by atoms with van der Waals surface area (Å²) in [6.07, 6.45) is 3.15. The van der Waals surface area contributed by atoms with Gasteiger partial charge in [0.25, 0.3) is 0 Å². The molecule has 0 fully saturated rings. The van der Waals surface area contributed by atoms with Crippen molar-refractivity contribution in [2.75, 3.05) is 12.3 Å². The maximum atomic E-state index is 3.80. The molecule has 0 spiro atoms. The van der Waals surface area contributed by atoms with E-state index in [4.69, 9.17) is 0 Å². The van der Waals surface area contributed by atoms with E-state index in [1.807, 2.05) is 17.8 Å². The second-order valence-corrected chi connectivity index (χ2v) is 6.08. The van der Waals surface area contributed by atoms with Crippen LogP contribution < -0.4 is 5.32 Å². The molecule has 0 radical (unpaired) electrons. The smallest absolute Gasteiger partial charge is 0.0438 e. The van der Waals surface area contributed by atoms with Gasteiger partial charge in [-0.1, -0.05) is 49.8 Å². The van der Waals surface area contributed by atoms with Crippen LogP contribution in [0.1, 0.15) is 37.4 Å². The Morgan fingerprint density at radius 2 is 2.00 bits per heavy atom. The molecule has 1 aromatic rings. The fraction of sp³-hybridized carbons (Fsp3) is 0.500. The summed E-state index contributed by atoms with van der Waals surface area (Å²) in [5.74, 6) is 1.01. The number of hydrogen-bond acceptors (Lipinski definition) is 2. The second-order valence-electron chi connectivity index (χ2n) is 4.67. The van der Waals surface area contributed by atoms with Crippen LogP contribution in [-0.2, 0) is 0 Å². The van der Waals surface area contributed by atoms with Crippen molar-refractivity contribution in [1.82, 2.24) is 5.32 Å². The van der Waals surface area contributed by atoms with Crippen LogP contribution in [0.5, 0.6) is 0 Å². The van der Waals surface area contributed by atoms with Crippen molar-refractivity contribution >= 4 is 11.8 Å². The minimum atomic E-state index is 0.426. The normalized spacial score (nSPS) is 14.2. The van der Waals surface area contributed by atoms with Crippen molar-refractivity contribution in [3.63, 3.8) is 0 Å². The van der Waals surface area contributed by atoms with Crippen molar-refractivity contribution < 1.29 is 0 Å². The van der Waals surface area contributed by atoms with E-state index in [0.29, 0.717) is 11.3 Å². The first-order chi connectivity index (χ1) is 8.69. The molecule has 2 unspecified atom stereocenters. The lowest BCUT2D eigenvalue weighted by Crippen LogP contribution is -2.29. The van der Waals surface area contributed by atoms with Crippen molar-refractivity contribution in [2.24, 2.45) is 0 Å². The molecule has 0 bridgehead atoms. The summed E-state index contributed by atoms with van der Waals surface area (Å²) in [6.45, 7) is 11.5. The largest absolute Gasteiger partial charge is 0.309 e. The molecule has 2 atom stereocenters. The van der Waals surface area contributed by atoms with E-state index in [2.05, 4.69) is 56.9 Å². The summed E-state index contributed by atoms with van der Waals surface area (Å²) in [5, 5.41) is 4.21. The SMILES string of the molecule is C=CCSC(C)C(NCCC)c1ccc(C)cc1. The molecule has 0 aromatic heterocycles. The highest BCUT2D eigenvalue weighted by atomic mass is 32.2. The summed E-state index contributed by atoms with van der Waals surface area (Å²) in [7, 11) is 0. The molecule has 1 rings (SSSR count). The Morgan fingerprint density at radius 3 is 2.56 bits per heavy atom. The summed E-state index contributed by atoms with van der Waals surface area (Å²) in [5.41, 5.74) is 2.71. The van der Waals surface area contributed by atoms with Crippen LogP contribution in [0.4, 0.5) is 0 Å². The molecule has 0 aliphatic rings. The molecule has 1 nitrogen and oxygen atoms in total. The van der Waals surface area contributed by atoms with Crippen LogP contribution in [0.15, 0.2) is 36.9 Å². The third kappa shape index (κ3) is 4.87. The number of hydrogen-bond donors (Lipinski definition) is 1. The average molecular weight is 263 g/mol. The van der Waals surface area contributed by atoms with E-state index >= 15 is 0 Å². The topological polar surface area (TPSA) is 12.0 Å². The molecular weight excluding hydrogens is 238 g/mol. The molecule has 2 heteroatoms. The predicted molar refractivity (Wildman–Crippen MR) is 84.3 cm³/mol. The van der Waals surface area contributed by atoms with Gasteiger partial charge in [0.1, 0.15) is 0 Å². The van der Waals surface area contributed by atoms with E-state index < -0.39 is 0 Å². The van der Waals surface area contributed by atoms with Crippen molar-refractivity contribution in [3.05, 3.63) is 48.0 Å². The zero-order valence-electron chi connectivity index (χ0n) is 11.8. The van der Waals surface area contributed by atoms with E-state index in [0.717, 1.165) is 12.3 Å². The Bertz CT molecular complexity index is 345. The van der Waals surface area contributed by atoms with Gasteiger partial charge in [-0.3, -0.25) is 0 Å². The van der Waals surface area contributed by atoms with Gasteiger partial charge in [-0.15, -0.1) is 6.58 Å². The lowest BCUT2D eigenvalue weighted by Gasteiger charge is -2.25. The number of rotatable bonds is 8. The molecule has 0 saturated carbocycles. The fourth-order valence-electron chi connectivity index (χ4n) is 1.94. The van der Waals surface area contributed by atoms with Gasteiger partial charge in [-0.05, 0) is 25.5 Å². The molecule has 0 amide bonds. The third-order valence-electron chi connectivity index (χ3n) is 3.00. The Labute approximate surface area is 116 Å². The molecule has 100 valence electrons. The van der Waals surface area contributed by atoms with Crippen LogP contribution in [0.3, 0.4) is 0 Å². The van der Waals surface area contributed by atoms with Crippen molar-refractivity contribution in [2.45, 2.75) is 38.5 Å². The van der Waals surface area contributed by atoms with Gasteiger partial charge in [-0.25, -0.2) is 0 Å². The lowest BCUT2D eigenvalue weighted by atomic mass is 10.0. The molecular formula is C16H25NS. The molecule has 0 heterocycles. The van der Waals surface area contributed by atoms with Gasteiger partial charge in [0, 0.05) is 17.0 Å². The minimum absolute atomic E-state index is 0.426. The lowest BCUT2D eigenvalue weighted by molar-refractivity contribution is 0.528. The zero-order chi connectivity index (χ0) is 13.4. The van der Waals surface area contributed by atoms with Gasteiger partial charge < -0.3 is 5.32 Å². The van der Waals surface area contributed by atoms with Gasteiger partial charge in [-0.2, -0.15) is 11.8 Å². The summed E-state index contributed by atoms with van der Waals surface area (Å²) >= 11 is 1.95. The average Bonchev–Trinajstić information content (AvgIpc) is 2.38. The maximum Gasteiger partial charge on any atom is 0.0438 e. The summed E-state index contributed by atoms with van der Waals surface area (Å²) in [6, 6.07) is 9.30. The van der Waals surface area contributed by atoms with E-state index in [9.17, 15) is 0 Å². The van der Waals surface area contributed by atoms with Gasteiger partial charge in [0.05, 0.1) is 0 Å². The molecule has 1 aromatic carbocycles. The number of nitrogens with one attached hydrogen (secondary N) is 1. The molecule has 0 aliphatic heterocycles. The number of benzene rings is 1. The fourth-order valence-corrected chi connectivity index (χ4v) is 2.83. The summed E-state index contributed by atoms with van der Waals surface area (Å²) < 4.78 is 0. The monoisotopic (exact) mass is 263 g/mol. The van der Waals surface area contributed by atoms with Gasteiger partial charge in [0.2, 0.25) is 0 Å². The van der Waals surface area contributed by atoms with Crippen molar-refractivity contribution in [1.29, 1.82) is 0 Å². The summed E-state index contributed by atoms with van der Waals surface area (Å²) in [4.78, 5) is 0. The Morgan fingerprint density at radius 1 is 1.33 bits per heavy atom. The van der Waals surface area contributed by atoms with Gasteiger partial charge >= 0.3 is 0 Å². The Balaban J connectivity index is 2.75. The highest BCUT2D eigenvalue weighted by molar-refractivity contribution is 8.00. The van der Waals surface area contributed by atoms with Crippen LogP contribution in [0.2, 0.25) is 0 Å². The van der Waals surface area contributed by atoms with E-state index in [1.54, 1.807) is 0 Å². The first kappa shape index (κ1) is 15.3. The molecule has 18 heavy (non-hydrogen) atoms. The minimum Gasteiger partial charge on any atom is -0.309 e. The predicted octanol–water partition coefficient (Wildman–Crippen LogP) is 4.34. The third-order valence-corrected chi connectivity index (χ3v) is 4.22. The zero-order valence-corrected chi connectivity index (χ0v) is 12.6. The first-order valence-electron chi connectivity index (χ1n) is 6.71. The first-order valence-corrected chi connectivity index (χ1v) is 7.76. The highest BCUT2D eigenvalue weighted by Crippen LogP contribution is 2.26. The van der Waals surface area contributed by atoms with Gasteiger partial charge in [0.15, 0.2) is 0 Å². The standard InChI is InChI=1S/C16H25NS/c1-5-11-17-16(14(4)18-12-6-2)15-9-7-13(3)8-10-15/h6-10,14,16-17H,2,5,11-12H2,1,3-4H3. The molecule has 1 N–H and O–H groups in total. The van der Waals surface area contributed by atoms with Crippen LogP contribution >= 0.6 is 11.8 Å². The van der Waals surface area contributed by atoms with E-state index in [-0.39, 0.29) is 0 Å². The second kappa shape index (κ2) is 8.39. The quantitative estimate of drug-likeness (QED) is 0.700. The maximum absolute atomic E-state index is 3.80. The Hall–Kier alpha value is -0.730.